The molecule has 1 aliphatic rings. The summed E-state index contributed by atoms with van der Waals surface area (Å²) < 4.78 is 0. The normalized spacial score (nSPS) is 23.6. The van der Waals surface area contributed by atoms with Crippen LogP contribution >= 0.6 is 0 Å². The maximum absolute atomic E-state index is 12.1. The van der Waals surface area contributed by atoms with Crippen LogP contribution in [0.5, 0.6) is 0 Å². The predicted molar refractivity (Wildman–Crippen MR) is 72.9 cm³/mol. The molecule has 0 aromatic heterocycles. The summed E-state index contributed by atoms with van der Waals surface area (Å²) in [4.78, 5) is 12.1. The minimum absolute atomic E-state index is 0.0658. The second-order valence-corrected chi connectivity index (χ2v) is 6.00. The number of benzene rings is 1. The van der Waals surface area contributed by atoms with Crippen molar-refractivity contribution >= 4 is 5.91 Å². The third-order valence-electron chi connectivity index (χ3n) is 3.76. The predicted octanol–water partition coefficient (Wildman–Crippen LogP) is 2.38. The molecule has 1 saturated carbocycles. The van der Waals surface area contributed by atoms with E-state index in [1.807, 2.05) is 30.3 Å². The van der Waals surface area contributed by atoms with Crippen LogP contribution in [0.1, 0.15) is 44.7 Å². The Hall–Kier alpha value is -1.35. The molecule has 2 rings (SSSR count). The average Bonchev–Trinajstić information content (AvgIpc) is 2.68. The van der Waals surface area contributed by atoms with Gasteiger partial charge in [0.25, 0.3) is 0 Å². The summed E-state index contributed by atoms with van der Waals surface area (Å²) in [7, 11) is 0. The van der Waals surface area contributed by atoms with Crippen molar-refractivity contribution < 1.29 is 4.79 Å². The maximum Gasteiger partial charge on any atom is 0.241 e. The summed E-state index contributed by atoms with van der Waals surface area (Å²) in [6.45, 7) is 4.49. The van der Waals surface area contributed by atoms with E-state index in [0.29, 0.717) is 5.41 Å². The van der Waals surface area contributed by atoms with E-state index < -0.39 is 6.04 Å². The van der Waals surface area contributed by atoms with Gasteiger partial charge < -0.3 is 11.1 Å². The number of nitrogens with one attached hydrogen (secondary N) is 1. The average molecular weight is 246 g/mol. The molecule has 1 aliphatic carbocycles. The topological polar surface area (TPSA) is 55.1 Å². The van der Waals surface area contributed by atoms with Crippen molar-refractivity contribution in [3.8, 4) is 0 Å². The van der Waals surface area contributed by atoms with Crippen LogP contribution in [0.3, 0.4) is 0 Å². The lowest BCUT2D eigenvalue weighted by Crippen LogP contribution is -2.40. The molecular formula is C15H22N2O. The molecule has 98 valence electrons. The number of nitrogens with two attached hydrogens (primary N) is 1. The van der Waals surface area contributed by atoms with E-state index in [0.717, 1.165) is 18.4 Å². The SMILES string of the molecule is CC1(C)CCC(NC(=O)[C@H](N)c2ccccc2)C1. The van der Waals surface area contributed by atoms with Gasteiger partial charge in [-0.3, -0.25) is 4.79 Å². The first-order chi connectivity index (χ1) is 8.48. The second-order valence-electron chi connectivity index (χ2n) is 6.00. The molecule has 0 bridgehead atoms. The Bertz CT molecular complexity index is 414. The molecule has 0 saturated heterocycles. The first-order valence-corrected chi connectivity index (χ1v) is 6.59. The highest BCUT2D eigenvalue weighted by Crippen LogP contribution is 2.37. The van der Waals surface area contributed by atoms with Gasteiger partial charge in [0.05, 0.1) is 0 Å². The van der Waals surface area contributed by atoms with Gasteiger partial charge in [0.15, 0.2) is 0 Å². The van der Waals surface area contributed by atoms with Gasteiger partial charge in [-0.15, -0.1) is 0 Å². The number of hydrogen-bond acceptors (Lipinski definition) is 2. The highest BCUT2D eigenvalue weighted by molar-refractivity contribution is 5.83. The number of carbonyl (C=O) groups is 1. The van der Waals surface area contributed by atoms with Crippen LogP contribution in [0.25, 0.3) is 0 Å². The van der Waals surface area contributed by atoms with Crippen LogP contribution in [0.4, 0.5) is 0 Å². The Balaban J connectivity index is 1.93. The fraction of sp³-hybridized carbons (Fsp3) is 0.533. The van der Waals surface area contributed by atoms with Gasteiger partial charge in [0.2, 0.25) is 5.91 Å². The lowest BCUT2D eigenvalue weighted by Gasteiger charge is -2.19. The molecule has 18 heavy (non-hydrogen) atoms. The molecule has 1 aromatic rings. The van der Waals surface area contributed by atoms with E-state index in [9.17, 15) is 4.79 Å². The highest BCUT2D eigenvalue weighted by atomic mass is 16.2. The zero-order chi connectivity index (χ0) is 13.2. The third kappa shape index (κ3) is 3.10. The van der Waals surface area contributed by atoms with Crippen LogP contribution < -0.4 is 11.1 Å². The van der Waals surface area contributed by atoms with Crippen LogP contribution in [0.15, 0.2) is 30.3 Å². The molecule has 3 N–H and O–H groups in total. The van der Waals surface area contributed by atoms with Gasteiger partial charge in [-0.25, -0.2) is 0 Å². The monoisotopic (exact) mass is 246 g/mol. The van der Waals surface area contributed by atoms with Gasteiger partial charge >= 0.3 is 0 Å². The Kier molecular flexibility index (Phi) is 3.71. The zero-order valence-electron chi connectivity index (χ0n) is 11.1. The van der Waals surface area contributed by atoms with Gasteiger partial charge in [-0.1, -0.05) is 44.2 Å². The van der Waals surface area contributed by atoms with Gasteiger partial charge in [0.1, 0.15) is 6.04 Å². The summed E-state index contributed by atoms with van der Waals surface area (Å²) in [5, 5.41) is 3.07. The fourth-order valence-corrected chi connectivity index (χ4v) is 2.66. The Labute approximate surface area is 109 Å². The number of carbonyl (C=O) groups excluding carboxylic acids is 1. The number of hydrogen-bond donors (Lipinski definition) is 2. The molecule has 0 aliphatic heterocycles. The van der Waals surface area contributed by atoms with Crippen LogP contribution in [-0.2, 0) is 4.79 Å². The minimum Gasteiger partial charge on any atom is -0.352 e. The Morgan fingerprint density at radius 2 is 2.06 bits per heavy atom. The largest absolute Gasteiger partial charge is 0.352 e. The number of amides is 1. The molecule has 3 nitrogen and oxygen atoms in total. The van der Waals surface area contributed by atoms with Crippen LogP contribution in [0.2, 0.25) is 0 Å². The number of rotatable bonds is 3. The molecule has 3 heteroatoms. The molecule has 0 spiro atoms. The summed E-state index contributed by atoms with van der Waals surface area (Å²) in [5.74, 6) is -0.0658. The maximum atomic E-state index is 12.1. The summed E-state index contributed by atoms with van der Waals surface area (Å²) in [6.07, 6.45) is 3.26. The van der Waals surface area contributed by atoms with Crippen molar-refractivity contribution in [1.29, 1.82) is 0 Å². The van der Waals surface area contributed by atoms with Crippen molar-refractivity contribution in [3.05, 3.63) is 35.9 Å². The van der Waals surface area contributed by atoms with Crippen LogP contribution in [-0.4, -0.2) is 11.9 Å². The molecular weight excluding hydrogens is 224 g/mol. The third-order valence-corrected chi connectivity index (χ3v) is 3.76. The quantitative estimate of drug-likeness (QED) is 0.860. The van der Waals surface area contributed by atoms with E-state index in [-0.39, 0.29) is 11.9 Å². The molecule has 1 amide bonds. The molecule has 1 fully saturated rings. The van der Waals surface area contributed by atoms with Gasteiger partial charge in [0, 0.05) is 6.04 Å². The smallest absolute Gasteiger partial charge is 0.241 e. The molecule has 0 radical (unpaired) electrons. The Morgan fingerprint density at radius 1 is 1.39 bits per heavy atom. The van der Waals surface area contributed by atoms with E-state index in [1.54, 1.807) is 0 Å². The summed E-state index contributed by atoms with van der Waals surface area (Å²) in [5.41, 5.74) is 7.18. The lowest BCUT2D eigenvalue weighted by atomic mass is 9.92. The molecule has 1 aromatic carbocycles. The zero-order valence-corrected chi connectivity index (χ0v) is 11.1. The highest BCUT2D eigenvalue weighted by Gasteiger charge is 2.32. The first-order valence-electron chi connectivity index (χ1n) is 6.59. The van der Waals surface area contributed by atoms with Gasteiger partial charge in [-0.2, -0.15) is 0 Å². The van der Waals surface area contributed by atoms with E-state index >= 15 is 0 Å². The van der Waals surface area contributed by atoms with E-state index in [2.05, 4.69) is 19.2 Å². The van der Waals surface area contributed by atoms with Crippen molar-refractivity contribution in [2.75, 3.05) is 0 Å². The van der Waals surface area contributed by atoms with Crippen molar-refractivity contribution in [2.24, 2.45) is 11.1 Å². The summed E-state index contributed by atoms with van der Waals surface area (Å²) >= 11 is 0. The van der Waals surface area contributed by atoms with Crippen molar-refractivity contribution in [1.82, 2.24) is 5.32 Å². The molecule has 0 heterocycles. The van der Waals surface area contributed by atoms with Gasteiger partial charge in [-0.05, 0) is 30.2 Å². The van der Waals surface area contributed by atoms with Crippen LogP contribution in [0, 0.1) is 5.41 Å². The fourth-order valence-electron chi connectivity index (χ4n) is 2.66. The molecule has 2 atom stereocenters. The standard InChI is InChI=1S/C15H22N2O/c1-15(2)9-8-12(10-15)17-14(18)13(16)11-6-4-3-5-7-11/h3-7,12-13H,8-10,16H2,1-2H3,(H,17,18)/t12?,13-/m1/s1. The van der Waals surface area contributed by atoms with Crippen molar-refractivity contribution in [3.63, 3.8) is 0 Å². The Morgan fingerprint density at radius 3 is 2.61 bits per heavy atom. The summed E-state index contributed by atoms with van der Waals surface area (Å²) in [6, 6.07) is 9.24. The minimum atomic E-state index is -0.560. The first kappa shape index (κ1) is 13.1. The van der Waals surface area contributed by atoms with Crippen molar-refractivity contribution in [2.45, 2.75) is 45.2 Å². The second kappa shape index (κ2) is 5.11. The lowest BCUT2D eigenvalue weighted by molar-refractivity contribution is -0.123. The van der Waals surface area contributed by atoms with E-state index in [4.69, 9.17) is 5.73 Å². The van der Waals surface area contributed by atoms with E-state index in [1.165, 1.54) is 6.42 Å². The molecule has 1 unspecified atom stereocenters.